The van der Waals surface area contributed by atoms with Gasteiger partial charge in [0.1, 0.15) is 11.9 Å². The van der Waals surface area contributed by atoms with Crippen LogP contribution in [0.2, 0.25) is 0 Å². The van der Waals surface area contributed by atoms with Crippen molar-refractivity contribution in [3.8, 4) is 0 Å². The van der Waals surface area contributed by atoms with Gasteiger partial charge in [0.2, 0.25) is 0 Å². The molecule has 0 fully saturated rings. The number of nitrogens with zero attached hydrogens (tertiary/aromatic N) is 2. The first-order valence-electron chi connectivity index (χ1n) is 7.81. The van der Waals surface area contributed by atoms with Crippen molar-refractivity contribution in [1.82, 2.24) is 9.13 Å². The monoisotopic (exact) mass is 328 g/mol. The molecule has 1 aromatic carbocycles. The summed E-state index contributed by atoms with van der Waals surface area (Å²) in [4.78, 5) is 23.9. The maximum absolute atomic E-state index is 12.4. The topological polar surface area (TPSA) is 66.4 Å². The van der Waals surface area contributed by atoms with Crippen molar-refractivity contribution in [3.63, 3.8) is 0 Å². The molecule has 3 aromatic rings. The summed E-state index contributed by atoms with van der Waals surface area (Å²) >= 11 is 0. The summed E-state index contributed by atoms with van der Waals surface area (Å²) in [6.07, 6.45) is 4.95. The summed E-state index contributed by atoms with van der Waals surface area (Å²) in [5.74, 6) is -0.383. The number of hydrogen-bond donors (Lipinski definition) is 0. The van der Waals surface area contributed by atoms with Crippen molar-refractivity contribution in [1.29, 1.82) is 0 Å². The van der Waals surface area contributed by atoms with E-state index in [4.69, 9.17) is 9.15 Å². The molecule has 126 valence electrons. The molecule has 0 aliphatic rings. The number of aromatic nitrogens is 2. The first-order valence-corrected chi connectivity index (χ1v) is 7.81. The van der Waals surface area contributed by atoms with Crippen LogP contribution in [0.15, 0.2) is 52.1 Å². The minimum Gasteiger partial charge on any atom is -0.443 e. The minimum atomic E-state index is -0.563. The van der Waals surface area contributed by atoms with E-state index in [0.717, 1.165) is 16.5 Å². The summed E-state index contributed by atoms with van der Waals surface area (Å²) in [5, 5.41) is 0.972. The zero-order valence-corrected chi connectivity index (χ0v) is 14.0. The lowest BCUT2D eigenvalue weighted by atomic mass is 10.1. The van der Waals surface area contributed by atoms with Gasteiger partial charge < -0.3 is 9.15 Å². The molecular weight excluding hydrogens is 308 g/mol. The second-order valence-electron chi connectivity index (χ2n) is 6.63. The Bertz CT molecular complexity index is 924. The van der Waals surface area contributed by atoms with Crippen LogP contribution >= 0.6 is 0 Å². The van der Waals surface area contributed by atoms with Crippen molar-refractivity contribution in [2.75, 3.05) is 0 Å². The largest absolute Gasteiger partial charge is 0.443 e. The average molecular weight is 328 g/mol. The number of rotatable bonds is 3. The predicted octanol–water partition coefficient (Wildman–Crippen LogP) is 3.42. The Labute approximate surface area is 139 Å². The molecule has 6 nitrogen and oxygen atoms in total. The molecule has 0 amide bonds. The van der Waals surface area contributed by atoms with Gasteiger partial charge in [0.25, 0.3) is 0 Å². The van der Waals surface area contributed by atoms with E-state index in [2.05, 4.69) is 0 Å². The zero-order valence-electron chi connectivity index (χ0n) is 14.0. The van der Waals surface area contributed by atoms with E-state index in [1.54, 1.807) is 12.4 Å². The fourth-order valence-corrected chi connectivity index (χ4v) is 2.61. The van der Waals surface area contributed by atoms with E-state index >= 15 is 0 Å². The van der Waals surface area contributed by atoms with Crippen molar-refractivity contribution in [3.05, 3.63) is 59.0 Å². The molecule has 0 unspecified atom stereocenters. The Hall–Kier alpha value is -2.76. The van der Waals surface area contributed by atoms with Gasteiger partial charge in [-0.2, -0.15) is 0 Å². The van der Waals surface area contributed by atoms with Crippen LogP contribution in [0.25, 0.3) is 10.9 Å². The molecule has 6 heteroatoms. The zero-order chi connectivity index (χ0) is 17.3. The lowest BCUT2D eigenvalue weighted by Gasteiger charge is -2.19. The maximum atomic E-state index is 12.4. The van der Waals surface area contributed by atoms with E-state index < -0.39 is 11.7 Å². The highest BCUT2D eigenvalue weighted by Crippen LogP contribution is 2.23. The van der Waals surface area contributed by atoms with Crippen molar-refractivity contribution >= 4 is 17.0 Å². The van der Waals surface area contributed by atoms with Crippen molar-refractivity contribution in [2.24, 2.45) is 0 Å². The predicted molar refractivity (Wildman–Crippen MR) is 90.2 cm³/mol. The SMILES string of the molecule is CC(C)(C)OC(=O)n1cc(CCn2ccoc2=O)c2ccccc21. The molecule has 0 radical (unpaired) electrons. The third-order valence-corrected chi connectivity index (χ3v) is 3.65. The molecule has 0 aliphatic carbocycles. The summed E-state index contributed by atoms with van der Waals surface area (Å²) in [6.45, 7) is 5.99. The standard InChI is InChI=1S/C18H20N2O4/c1-18(2,3)24-17(22)20-12-13(14-6-4-5-7-15(14)20)8-9-19-10-11-23-16(19)21/h4-7,10-12H,8-9H2,1-3H3. The molecule has 0 bridgehead atoms. The van der Waals surface area contributed by atoms with Crippen LogP contribution in [0.4, 0.5) is 4.79 Å². The first kappa shape index (κ1) is 16.1. The lowest BCUT2D eigenvalue weighted by molar-refractivity contribution is 0.0544. The number of benzene rings is 1. The van der Waals surface area contributed by atoms with Crippen molar-refractivity contribution < 1.29 is 13.9 Å². The molecule has 0 atom stereocenters. The molecule has 24 heavy (non-hydrogen) atoms. The van der Waals surface area contributed by atoms with Gasteiger partial charge >= 0.3 is 11.8 Å². The maximum Gasteiger partial charge on any atom is 0.419 e. The number of fused-ring (bicyclic) bond motifs is 1. The smallest absolute Gasteiger partial charge is 0.419 e. The van der Waals surface area contributed by atoms with Gasteiger partial charge in [-0.1, -0.05) is 18.2 Å². The van der Waals surface area contributed by atoms with Gasteiger partial charge in [0.15, 0.2) is 0 Å². The Kier molecular flexibility index (Phi) is 4.05. The highest BCUT2D eigenvalue weighted by Gasteiger charge is 2.20. The number of oxazole rings is 1. The van der Waals surface area contributed by atoms with E-state index in [9.17, 15) is 9.59 Å². The van der Waals surface area contributed by atoms with E-state index in [1.165, 1.54) is 15.4 Å². The van der Waals surface area contributed by atoms with Crippen LogP contribution < -0.4 is 5.76 Å². The lowest BCUT2D eigenvalue weighted by Crippen LogP contribution is -2.26. The number of hydrogen-bond acceptors (Lipinski definition) is 4. The van der Waals surface area contributed by atoms with Gasteiger partial charge in [-0.25, -0.2) is 9.59 Å². The minimum absolute atomic E-state index is 0.383. The normalized spacial score (nSPS) is 11.8. The quantitative estimate of drug-likeness (QED) is 0.739. The highest BCUT2D eigenvalue weighted by atomic mass is 16.6. The molecule has 2 aromatic heterocycles. The summed E-state index contributed by atoms with van der Waals surface area (Å²) < 4.78 is 13.3. The van der Waals surface area contributed by atoms with Crippen LogP contribution in [0.1, 0.15) is 26.3 Å². The van der Waals surface area contributed by atoms with Gasteiger partial charge in [0, 0.05) is 24.3 Å². The summed E-state index contributed by atoms with van der Waals surface area (Å²) in [6, 6.07) is 7.65. The third kappa shape index (κ3) is 3.27. The van der Waals surface area contributed by atoms with Crippen LogP contribution in [-0.2, 0) is 17.7 Å². The van der Waals surface area contributed by atoms with E-state index in [1.807, 2.05) is 45.0 Å². The van der Waals surface area contributed by atoms with Crippen LogP contribution in [0.5, 0.6) is 0 Å². The first-order chi connectivity index (χ1) is 11.3. The molecule has 2 heterocycles. The van der Waals surface area contributed by atoms with Gasteiger partial charge in [-0.3, -0.25) is 9.13 Å². The van der Waals surface area contributed by atoms with Gasteiger partial charge in [0.05, 0.1) is 5.52 Å². The Morgan fingerprint density at radius 2 is 2.00 bits per heavy atom. The third-order valence-electron chi connectivity index (χ3n) is 3.65. The molecule has 0 saturated carbocycles. The second-order valence-corrected chi connectivity index (χ2v) is 6.63. The molecule has 0 spiro atoms. The fraction of sp³-hybridized carbons (Fsp3) is 0.333. The number of para-hydroxylation sites is 1. The number of ether oxygens (including phenoxy) is 1. The van der Waals surface area contributed by atoms with Crippen LogP contribution in [0.3, 0.4) is 0 Å². The molecule has 0 N–H and O–H groups in total. The fourth-order valence-electron chi connectivity index (χ4n) is 2.61. The van der Waals surface area contributed by atoms with Gasteiger partial charge in [-0.15, -0.1) is 0 Å². The van der Waals surface area contributed by atoms with Crippen molar-refractivity contribution in [2.45, 2.75) is 39.3 Å². The summed E-state index contributed by atoms with van der Waals surface area (Å²) in [5.41, 5.74) is 1.21. The van der Waals surface area contributed by atoms with E-state index in [0.29, 0.717) is 13.0 Å². The molecule has 0 saturated heterocycles. The number of carbonyl (C=O) groups is 1. The average Bonchev–Trinajstić information content (AvgIpc) is 3.07. The van der Waals surface area contributed by atoms with E-state index in [-0.39, 0.29) is 5.76 Å². The Balaban J connectivity index is 1.93. The summed E-state index contributed by atoms with van der Waals surface area (Å²) in [7, 11) is 0. The molecule has 0 aliphatic heterocycles. The highest BCUT2D eigenvalue weighted by molar-refractivity contribution is 5.92. The number of carbonyl (C=O) groups excluding carboxylic acids is 1. The molecular formula is C18H20N2O4. The van der Waals surface area contributed by atoms with Crippen LogP contribution in [0, 0.1) is 0 Å². The van der Waals surface area contributed by atoms with Gasteiger partial charge in [-0.05, 0) is 38.8 Å². The Morgan fingerprint density at radius 1 is 1.25 bits per heavy atom. The molecule has 3 rings (SSSR count). The Morgan fingerprint density at radius 3 is 2.67 bits per heavy atom. The number of aryl methyl sites for hydroxylation is 2. The van der Waals surface area contributed by atoms with Crippen LogP contribution in [-0.4, -0.2) is 20.8 Å². The second kappa shape index (κ2) is 6.03.